The molecule has 2 atom stereocenters. The summed E-state index contributed by atoms with van der Waals surface area (Å²) in [7, 11) is 0. The van der Waals surface area contributed by atoms with E-state index in [4.69, 9.17) is 16.3 Å². The number of rotatable bonds is 3. The van der Waals surface area contributed by atoms with Crippen LogP contribution in [0.5, 0.6) is 0 Å². The lowest BCUT2D eigenvalue weighted by Gasteiger charge is -2.36. The lowest BCUT2D eigenvalue weighted by atomic mass is 9.77. The number of carbonyl (C=O) groups excluding carboxylic acids is 1. The van der Waals surface area contributed by atoms with E-state index in [0.29, 0.717) is 5.69 Å². The van der Waals surface area contributed by atoms with Crippen LogP contribution in [0.2, 0.25) is 5.02 Å². The maximum absolute atomic E-state index is 12.5. The van der Waals surface area contributed by atoms with Gasteiger partial charge in [-0.1, -0.05) is 23.7 Å². The van der Waals surface area contributed by atoms with Gasteiger partial charge in [0.05, 0.1) is 0 Å². The van der Waals surface area contributed by atoms with Gasteiger partial charge < -0.3 is 4.74 Å². The summed E-state index contributed by atoms with van der Waals surface area (Å²) < 4.78 is 5.74. The molecular formula is C18H19ClN2O2. The van der Waals surface area contributed by atoms with Crippen molar-refractivity contribution in [3.8, 4) is 0 Å². The van der Waals surface area contributed by atoms with E-state index in [9.17, 15) is 4.79 Å². The molecule has 0 saturated heterocycles. The summed E-state index contributed by atoms with van der Waals surface area (Å²) in [6.45, 7) is 0. The SMILES string of the molecule is O=C(OC1CCC1c1ccc(Cl)cc1)c1n[nH]c2c1CCCC2. The van der Waals surface area contributed by atoms with Gasteiger partial charge in [0.1, 0.15) is 6.10 Å². The summed E-state index contributed by atoms with van der Waals surface area (Å²) in [6, 6.07) is 7.81. The Hall–Kier alpha value is -1.81. The van der Waals surface area contributed by atoms with Crippen LogP contribution < -0.4 is 0 Å². The van der Waals surface area contributed by atoms with Crippen molar-refractivity contribution in [2.24, 2.45) is 0 Å². The lowest BCUT2D eigenvalue weighted by molar-refractivity contribution is -0.00262. The third kappa shape index (κ3) is 2.76. The van der Waals surface area contributed by atoms with Crippen molar-refractivity contribution in [2.45, 2.75) is 50.5 Å². The normalized spacial score (nSPS) is 23.0. The topological polar surface area (TPSA) is 55.0 Å². The quantitative estimate of drug-likeness (QED) is 0.864. The number of hydrogen-bond donors (Lipinski definition) is 1. The van der Waals surface area contributed by atoms with Gasteiger partial charge in [-0.25, -0.2) is 4.79 Å². The molecule has 4 rings (SSSR count). The Balaban J connectivity index is 1.47. The molecule has 1 aromatic heterocycles. The number of ether oxygens (including phenoxy) is 1. The first-order valence-corrected chi connectivity index (χ1v) is 8.63. The molecule has 0 spiro atoms. The van der Waals surface area contributed by atoms with Gasteiger partial charge >= 0.3 is 5.97 Å². The number of benzene rings is 1. The van der Waals surface area contributed by atoms with Gasteiger partial charge in [0.25, 0.3) is 0 Å². The first-order valence-electron chi connectivity index (χ1n) is 8.25. The number of H-pyrrole nitrogens is 1. The second kappa shape index (κ2) is 6.00. The zero-order valence-corrected chi connectivity index (χ0v) is 13.6. The molecule has 2 aliphatic carbocycles. The highest BCUT2D eigenvalue weighted by Crippen LogP contribution is 2.40. The average Bonchev–Trinajstić information content (AvgIpc) is 2.97. The number of hydrogen-bond acceptors (Lipinski definition) is 3. The van der Waals surface area contributed by atoms with Gasteiger partial charge in [0, 0.05) is 22.2 Å². The van der Waals surface area contributed by atoms with Gasteiger partial charge in [-0.05, 0) is 56.2 Å². The molecule has 1 heterocycles. The molecule has 2 aliphatic rings. The fraction of sp³-hybridized carbons (Fsp3) is 0.444. The molecule has 1 fully saturated rings. The van der Waals surface area contributed by atoms with Crippen LogP contribution in [0.15, 0.2) is 24.3 Å². The number of aromatic nitrogens is 2. The average molecular weight is 331 g/mol. The van der Waals surface area contributed by atoms with Gasteiger partial charge in [-0.3, -0.25) is 5.10 Å². The highest BCUT2D eigenvalue weighted by atomic mass is 35.5. The Bertz CT molecular complexity index is 723. The zero-order valence-electron chi connectivity index (χ0n) is 12.8. The summed E-state index contributed by atoms with van der Waals surface area (Å²) in [4.78, 5) is 12.5. The molecule has 0 amide bonds. The van der Waals surface area contributed by atoms with Gasteiger partial charge in [0.2, 0.25) is 0 Å². The molecule has 23 heavy (non-hydrogen) atoms. The zero-order chi connectivity index (χ0) is 15.8. The molecule has 0 bridgehead atoms. The van der Waals surface area contributed by atoms with E-state index in [1.54, 1.807) is 0 Å². The number of carbonyl (C=O) groups is 1. The van der Waals surface area contributed by atoms with E-state index in [0.717, 1.165) is 54.8 Å². The highest BCUT2D eigenvalue weighted by Gasteiger charge is 2.36. The first-order chi connectivity index (χ1) is 11.2. The summed E-state index contributed by atoms with van der Waals surface area (Å²) >= 11 is 5.94. The number of fused-ring (bicyclic) bond motifs is 1. The van der Waals surface area contributed by atoms with Crippen molar-refractivity contribution in [3.63, 3.8) is 0 Å². The number of aryl methyl sites for hydroxylation is 1. The van der Waals surface area contributed by atoms with Crippen LogP contribution in [0, 0.1) is 0 Å². The van der Waals surface area contributed by atoms with Crippen LogP contribution in [0.1, 0.15) is 58.9 Å². The molecule has 1 aromatic carbocycles. The van der Waals surface area contributed by atoms with Crippen LogP contribution in [0.3, 0.4) is 0 Å². The highest BCUT2D eigenvalue weighted by molar-refractivity contribution is 6.30. The molecule has 1 N–H and O–H groups in total. The molecule has 2 unspecified atom stereocenters. The monoisotopic (exact) mass is 330 g/mol. The fourth-order valence-electron chi connectivity index (χ4n) is 3.54. The number of esters is 1. The maximum Gasteiger partial charge on any atom is 0.359 e. The van der Waals surface area contributed by atoms with Crippen LogP contribution >= 0.6 is 11.6 Å². The number of nitrogens with zero attached hydrogens (tertiary/aromatic N) is 1. The molecule has 1 saturated carbocycles. The third-order valence-electron chi connectivity index (χ3n) is 5.02. The van der Waals surface area contributed by atoms with Crippen molar-refractivity contribution in [2.75, 3.05) is 0 Å². The molecule has 0 radical (unpaired) electrons. The van der Waals surface area contributed by atoms with E-state index >= 15 is 0 Å². The minimum Gasteiger partial charge on any atom is -0.457 e. The Kier molecular flexibility index (Phi) is 3.85. The van der Waals surface area contributed by atoms with Crippen molar-refractivity contribution in [1.82, 2.24) is 10.2 Å². The van der Waals surface area contributed by atoms with Crippen LogP contribution in [-0.4, -0.2) is 22.3 Å². The van der Waals surface area contributed by atoms with E-state index in [1.165, 1.54) is 5.56 Å². The van der Waals surface area contributed by atoms with E-state index < -0.39 is 0 Å². The lowest BCUT2D eigenvalue weighted by Crippen LogP contribution is -2.34. The largest absolute Gasteiger partial charge is 0.457 e. The Morgan fingerprint density at radius 2 is 1.96 bits per heavy atom. The second-order valence-electron chi connectivity index (χ2n) is 6.42. The molecule has 4 nitrogen and oxygen atoms in total. The van der Waals surface area contributed by atoms with Crippen LogP contribution in [0.4, 0.5) is 0 Å². The first kappa shape index (κ1) is 14.8. The van der Waals surface area contributed by atoms with Crippen LogP contribution in [0.25, 0.3) is 0 Å². The Morgan fingerprint density at radius 1 is 1.17 bits per heavy atom. The summed E-state index contributed by atoms with van der Waals surface area (Å²) in [5, 5.41) is 7.93. The van der Waals surface area contributed by atoms with E-state index in [-0.39, 0.29) is 18.0 Å². The predicted octanol–water partition coefficient (Wildman–Crippen LogP) is 4.04. The smallest absolute Gasteiger partial charge is 0.359 e. The number of halogens is 1. The maximum atomic E-state index is 12.5. The molecule has 5 heteroatoms. The van der Waals surface area contributed by atoms with Crippen LogP contribution in [-0.2, 0) is 17.6 Å². The van der Waals surface area contributed by atoms with Gasteiger partial charge in [0.15, 0.2) is 5.69 Å². The summed E-state index contributed by atoms with van der Waals surface area (Å²) in [5.74, 6) is -0.0148. The minimum absolute atomic E-state index is 0.0559. The van der Waals surface area contributed by atoms with Gasteiger partial charge in [-0.2, -0.15) is 5.10 Å². The summed E-state index contributed by atoms with van der Waals surface area (Å²) in [5.41, 5.74) is 3.83. The molecule has 0 aliphatic heterocycles. The third-order valence-corrected chi connectivity index (χ3v) is 5.27. The standard InChI is InChI=1S/C18H19ClN2O2/c19-12-7-5-11(6-8-12)13-9-10-16(13)23-18(22)17-14-3-1-2-4-15(14)20-21-17/h5-8,13,16H,1-4,9-10H2,(H,20,21). The predicted molar refractivity (Wildman–Crippen MR) is 87.9 cm³/mol. The molecular weight excluding hydrogens is 312 g/mol. The van der Waals surface area contributed by atoms with Crippen molar-refractivity contribution < 1.29 is 9.53 Å². The Morgan fingerprint density at radius 3 is 2.70 bits per heavy atom. The molecule has 2 aromatic rings. The van der Waals surface area contributed by atoms with Gasteiger partial charge in [-0.15, -0.1) is 0 Å². The van der Waals surface area contributed by atoms with E-state index in [2.05, 4.69) is 10.2 Å². The Labute approximate surface area is 140 Å². The van der Waals surface area contributed by atoms with E-state index in [1.807, 2.05) is 24.3 Å². The second-order valence-corrected chi connectivity index (χ2v) is 6.85. The number of aromatic amines is 1. The van der Waals surface area contributed by atoms with Crippen molar-refractivity contribution in [1.29, 1.82) is 0 Å². The minimum atomic E-state index is -0.284. The summed E-state index contributed by atoms with van der Waals surface area (Å²) in [6.07, 6.45) is 6.06. The molecule has 120 valence electrons. The van der Waals surface area contributed by atoms with Crippen molar-refractivity contribution in [3.05, 3.63) is 51.8 Å². The van der Waals surface area contributed by atoms with Crippen molar-refractivity contribution >= 4 is 17.6 Å². The fourth-order valence-corrected chi connectivity index (χ4v) is 3.67. The number of nitrogens with one attached hydrogen (secondary N) is 1.